The molecule has 2 nitrogen and oxygen atoms in total. The molecule has 2 rings (SSSR count). The first-order valence-corrected chi connectivity index (χ1v) is 5.95. The van der Waals surface area contributed by atoms with Crippen molar-refractivity contribution in [3.63, 3.8) is 0 Å². The van der Waals surface area contributed by atoms with Gasteiger partial charge in [-0.2, -0.15) is 0 Å². The molecule has 1 unspecified atom stereocenters. The number of benzene rings is 1. The van der Waals surface area contributed by atoms with Gasteiger partial charge in [0.15, 0.2) is 0 Å². The van der Waals surface area contributed by atoms with Gasteiger partial charge in [-0.15, -0.1) is 0 Å². The van der Waals surface area contributed by atoms with Crippen LogP contribution in [0.2, 0.25) is 5.02 Å². The van der Waals surface area contributed by atoms with Crippen molar-refractivity contribution in [2.24, 2.45) is 5.73 Å². The topological polar surface area (TPSA) is 38.9 Å². The van der Waals surface area contributed by atoms with E-state index in [9.17, 15) is 0 Å². The number of nitrogens with two attached hydrogens (primary N) is 1. The molecule has 88 valence electrons. The lowest BCUT2D eigenvalue weighted by Gasteiger charge is -2.12. The average molecular weight is 247 g/mol. The molecule has 0 aliphatic carbocycles. The minimum Gasteiger partial charge on any atom is -0.324 e. The molecule has 0 radical (unpaired) electrons. The predicted octanol–water partition coefficient (Wildman–Crippen LogP) is 3.29. The quantitative estimate of drug-likeness (QED) is 0.903. The molecule has 17 heavy (non-hydrogen) atoms. The summed E-state index contributed by atoms with van der Waals surface area (Å²) in [6, 6.07) is 11.8. The fourth-order valence-corrected chi connectivity index (χ4v) is 1.95. The Kier molecular flexibility index (Phi) is 3.77. The van der Waals surface area contributed by atoms with E-state index < -0.39 is 0 Å². The third kappa shape index (κ3) is 3.29. The summed E-state index contributed by atoms with van der Waals surface area (Å²) in [5.74, 6) is 0. The Hall–Kier alpha value is -1.38. The van der Waals surface area contributed by atoms with Gasteiger partial charge in [-0.3, -0.25) is 4.98 Å². The first-order valence-electron chi connectivity index (χ1n) is 5.58. The van der Waals surface area contributed by atoms with Gasteiger partial charge < -0.3 is 5.73 Å². The minimum absolute atomic E-state index is 0.0402. The van der Waals surface area contributed by atoms with E-state index in [1.165, 1.54) is 0 Å². The number of pyridine rings is 1. The molecule has 0 bridgehead atoms. The lowest BCUT2D eigenvalue weighted by atomic mass is 10.0. The maximum Gasteiger partial charge on any atom is 0.0408 e. The molecule has 1 aromatic carbocycles. The summed E-state index contributed by atoms with van der Waals surface area (Å²) in [6.45, 7) is 1.96. The number of halogens is 1. The summed E-state index contributed by atoms with van der Waals surface area (Å²) in [4.78, 5) is 4.25. The lowest BCUT2D eigenvalue weighted by Crippen LogP contribution is -2.13. The first kappa shape index (κ1) is 12.1. The van der Waals surface area contributed by atoms with Gasteiger partial charge in [-0.05, 0) is 42.7 Å². The first-order chi connectivity index (χ1) is 8.15. The normalized spacial score (nSPS) is 12.4. The highest BCUT2D eigenvalue weighted by Crippen LogP contribution is 2.18. The monoisotopic (exact) mass is 246 g/mol. The smallest absolute Gasteiger partial charge is 0.0408 e. The van der Waals surface area contributed by atoms with E-state index >= 15 is 0 Å². The molecule has 1 atom stereocenters. The van der Waals surface area contributed by atoms with Crippen molar-refractivity contribution in [1.82, 2.24) is 4.98 Å². The molecule has 0 spiro atoms. The van der Waals surface area contributed by atoms with Gasteiger partial charge in [0.2, 0.25) is 0 Å². The Labute approximate surface area is 106 Å². The van der Waals surface area contributed by atoms with Gasteiger partial charge in [0.25, 0.3) is 0 Å². The van der Waals surface area contributed by atoms with E-state index in [-0.39, 0.29) is 6.04 Å². The van der Waals surface area contributed by atoms with Gasteiger partial charge in [-0.1, -0.05) is 29.8 Å². The Morgan fingerprint density at radius 1 is 1.29 bits per heavy atom. The average Bonchev–Trinajstić information content (AvgIpc) is 2.29. The molecule has 1 heterocycles. The van der Waals surface area contributed by atoms with Crippen LogP contribution in [0.4, 0.5) is 0 Å². The molecular formula is C14H15ClN2. The van der Waals surface area contributed by atoms with Crippen molar-refractivity contribution in [3.05, 3.63) is 64.4 Å². The molecule has 0 saturated heterocycles. The zero-order chi connectivity index (χ0) is 12.3. The second-order valence-electron chi connectivity index (χ2n) is 4.17. The van der Waals surface area contributed by atoms with Crippen LogP contribution in [0.5, 0.6) is 0 Å². The van der Waals surface area contributed by atoms with E-state index in [1.807, 2.05) is 49.5 Å². The van der Waals surface area contributed by atoms with Gasteiger partial charge in [0, 0.05) is 23.0 Å². The Morgan fingerprint density at radius 2 is 2.12 bits per heavy atom. The van der Waals surface area contributed by atoms with Crippen LogP contribution in [-0.4, -0.2) is 4.98 Å². The van der Waals surface area contributed by atoms with Gasteiger partial charge in [0.05, 0.1) is 0 Å². The van der Waals surface area contributed by atoms with Crippen molar-refractivity contribution < 1.29 is 0 Å². The predicted molar refractivity (Wildman–Crippen MR) is 71.1 cm³/mol. The molecule has 0 aliphatic rings. The van der Waals surface area contributed by atoms with Crippen LogP contribution in [-0.2, 0) is 6.42 Å². The second-order valence-corrected chi connectivity index (χ2v) is 4.61. The summed E-state index contributed by atoms with van der Waals surface area (Å²) in [6.07, 6.45) is 2.61. The van der Waals surface area contributed by atoms with E-state index in [1.54, 1.807) is 0 Å². The maximum atomic E-state index is 6.14. The summed E-state index contributed by atoms with van der Waals surface area (Å²) in [7, 11) is 0. The zero-order valence-corrected chi connectivity index (χ0v) is 10.5. The third-order valence-electron chi connectivity index (χ3n) is 2.71. The molecule has 0 saturated carbocycles. The lowest BCUT2D eigenvalue weighted by molar-refractivity contribution is 0.717. The Balaban J connectivity index is 2.11. The van der Waals surface area contributed by atoms with Crippen molar-refractivity contribution in [2.45, 2.75) is 19.4 Å². The van der Waals surface area contributed by atoms with Gasteiger partial charge >= 0.3 is 0 Å². The van der Waals surface area contributed by atoms with Crippen LogP contribution in [0.25, 0.3) is 0 Å². The molecule has 3 heteroatoms. The highest BCUT2D eigenvalue weighted by Gasteiger charge is 2.07. The molecule has 2 aromatic rings. The largest absolute Gasteiger partial charge is 0.324 e. The van der Waals surface area contributed by atoms with Gasteiger partial charge in [0.1, 0.15) is 0 Å². The number of rotatable bonds is 3. The number of nitrogens with zero attached hydrogens (tertiary/aromatic N) is 1. The molecule has 0 aliphatic heterocycles. The second kappa shape index (κ2) is 5.30. The van der Waals surface area contributed by atoms with Crippen LogP contribution >= 0.6 is 11.6 Å². The summed E-state index contributed by atoms with van der Waals surface area (Å²) >= 11 is 5.94. The van der Waals surface area contributed by atoms with E-state index in [0.29, 0.717) is 0 Å². The van der Waals surface area contributed by atoms with Crippen molar-refractivity contribution in [3.8, 4) is 0 Å². The standard InChI is InChI=1S/C14H15ClN2/c1-10-5-6-12(9-17-10)14(16)8-11-3-2-4-13(15)7-11/h2-7,9,14H,8,16H2,1H3. The van der Waals surface area contributed by atoms with Crippen LogP contribution < -0.4 is 5.73 Å². The summed E-state index contributed by atoms with van der Waals surface area (Å²) in [5, 5.41) is 0.747. The molecule has 0 fully saturated rings. The van der Waals surface area contributed by atoms with Gasteiger partial charge in [-0.25, -0.2) is 0 Å². The number of aromatic nitrogens is 1. The summed E-state index contributed by atoms with van der Waals surface area (Å²) < 4.78 is 0. The van der Waals surface area contributed by atoms with E-state index in [4.69, 9.17) is 17.3 Å². The van der Waals surface area contributed by atoms with E-state index in [2.05, 4.69) is 4.98 Å². The van der Waals surface area contributed by atoms with Crippen molar-refractivity contribution >= 4 is 11.6 Å². The van der Waals surface area contributed by atoms with E-state index in [0.717, 1.165) is 28.3 Å². The van der Waals surface area contributed by atoms with Crippen LogP contribution in [0.1, 0.15) is 22.9 Å². The molecule has 0 amide bonds. The summed E-state index contributed by atoms with van der Waals surface area (Å²) in [5.41, 5.74) is 9.34. The third-order valence-corrected chi connectivity index (χ3v) is 2.94. The fourth-order valence-electron chi connectivity index (χ4n) is 1.73. The van der Waals surface area contributed by atoms with Crippen LogP contribution in [0.15, 0.2) is 42.6 Å². The Bertz CT molecular complexity index is 494. The minimum atomic E-state index is -0.0402. The highest BCUT2D eigenvalue weighted by atomic mass is 35.5. The number of hydrogen-bond donors (Lipinski definition) is 1. The van der Waals surface area contributed by atoms with Crippen LogP contribution in [0.3, 0.4) is 0 Å². The van der Waals surface area contributed by atoms with Crippen molar-refractivity contribution in [1.29, 1.82) is 0 Å². The van der Waals surface area contributed by atoms with Crippen LogP contribution in [0, 0.1) is 6.92 Å². The zero-order valence-electron chi connectivity index (χ0n) is 9.73. The number of aryl methyl sites for hydroxylation is 1. The Morgan fingerprint density at radius 3 is 2.76 bits per heavy atom. The molecule has 2 N–H and O–H groups in total. The van der Waals surface area contributed by atoms with Crippen molar-refractivity contribution in [2.75, 3.05) is 0 Å². The fraction of sp³-hybridized carbons (Fsp3) is 0.214. The SMILES string of the molecule is Cc1ccc(C(N)Cc2cccc(Cl)c2)cn1. The molecular weight excluding hydrogens is 232 g/mol. The maximum absolute atomic E-state index is 6.14. The number of hydrogen-bond acceptors (Lipinski definition) is 2. The highest BCUT2D eigenvalue weighted by molar-refractivity contribution is 6.30. The molecule has 1 aromatic heterocycles.